The topological polar surface area (TPSA) is 44.8 Å². The molecule has 148 valence electrons. The second-order valence-corrected chi connectivity index (χ2v) is 9.49. The molecule has 0 unspecified atom stereocenters. The van der Waals surface area contributed by atoms with Crippen LogP contribution >= 0.6 is 0 Å². The minimum absolute atomic E-state index is 0.0892. The molecule has 2 saturated heterocycles. The molecule has 2 aliphatic heterocycles. The van der Waals surface area contributed by atoms with Crippen molar-refractivity contribution in [3.05, 3.63) is 29.8 Å². The molecule has 4 heteroatoms. The molecule has 1 aliphatic carbocycles. The van der Waals surface area contributed by atoms with Gasteiger partial charge in [0.1, 0.15) is 11.9 Å². The van der Waals surface area contributed by atoms with E-state index in [0.29, 0.717) is 23.5 Å². The van der Waals surface area contributed by atoms with Crippen LogP contribution < -0.4 is 4.74 Å². The van der Waals surface area contributed by atoms with Crippen LogP contribution in [0.1, 0.15) is 63.7 Å². The van der Waals surface area contributed by atoms with Crippen LogP contribution in [0.3, 0.4) is 0 Å². The molecule has 0 aromatic heterocycles. The molecule has 1 aromatic carbocycles. The molecule has 0 N–H and O–H groups in total. The third-order valence-corrected chi connectivity index (χ3v) is 7.61. The Morgan fingerprint density at radius 2 is 1.85 bits per heavy atom. The Kier molecular flexibility index (Phi) is 4.53. The summed E-state index contributed by atoms with van der Waals surface area (Å²) in [5.41, 5.74) is 0.529. The van der Waals surface area contributed by atoms with Gasteiger partial charge in [0, 0.05) is 11.3 Å². The fraction of sp³-hybridized carbons (Fsp3) is 0.696. The van der Waals surface area contributed by atoms with Gasteiger partial charge in [-0.05, 0) is 68.7 Å². The fourth-order valence-corrected chi connectivity index (χ4v) is 6.17. The molecule has 1 aromatic rings. The Morgan fingerprint density at radius 3 is 2.48 bits per heavy atom. The second-order valence-electron chi connectivity index (χ2n) is 9.49. The first kappa shape index (κ1) is 18.8. The average molecular weight is 373 g/mol. The lowest BCUT2D eigenvalue weighted by Gasteiger charge is -2.52. The van der Waals surface area contributed by atoms with Gasteiger partial charge in [-0.1, -0.05) is 20.8 Å². The van der Waals surface area contributed by atoms with Crippen molar-refractivity contribution >= 4 is 5.97 Å². The van der Waals surface area contributed by atoms with Crippen LogP contribution in [0.2, 0.25) is 0 Å². The number of methoxy groups -OCH3 is 1. The van der Waals surface area contributed by atoms with Gasteiger partial charge in [-0.2, -0.15) is 0 Å². The molecule has 1 saturated carbocycles. The van der Waals surface area contributed by atoms with E-state index in [4.69, 9.17) is 14.2 Å². The van der Waals surface area contributed by atoms with E-state index >= 15 is 0 Å². The highest BCUT2D eigenvalue weighted by Crippen LogP contribution is 2.65. The molecule has 3 aliphatic rings. The van der Waals surface area contributed by atoms with E-state index in [1.54, 1.807) is 19.2 Å². The van der Waals surface area contributed by atoms with Gasteiger partial charge in [0.2, 0.25) is 0 Å². The van der Waals surface area contributed by atoms with E-state index < -0.39 is 0 Å². The van der Waals surface area contributed by atoms with Crippen LogP contribution in [-0.2, 0) is 9.47 Å². The number of fused-ring (bicyclic) bond motifs is 5. The predicted molar refractivity (Wildman–Crippen MR) is 104 cm³/mol. The molecule has 4 rings (SSSR count). The van der Waals surface area contributed by atoms with Gasteiger partial charge in [0.05, 0.1) is 24.4 Å². The van der Waals surface area contributed by atoms with Gasteiger partial charge in [-0.25, -0.2) is 4.79 Å². The van der Waals surface area contributed by atoms with Gasteiger partial charge in [0.25, 0.3) is 0 Å². The standard InChI is InChI=1S/C23H32O4/c1-14(2)17-10-12-22(3)18-11-13-23(4,27-18)20(22)19(17)26-21(24)15-6-8-16(25-5)9-7-15/h6-9,14,17-20H,10-13H2,1-5H3/t17-,18-,19-,20+,22-,23+/m1/s1. The van der Waals surface area contributed by atoms with Crippen molar-refractivity contribution in [1.29, 1.82) is 0 Å². The van der Waals surface area contributed by atoms with E-state index in [9.17, 15) is 4.79 Å². The van der Waals surface area contributed by atoms with Gasteiger partial charge >= 0.3 is 5.97 Å². The van der Waals surface area contributed by atoms with Crippen molar-refractivity contribution in [2.75, 3.05) is 7.11 Å². The number of carbonyl (C=O) groups excluding carboxylic acids is 1. The maximum Gasteiger partial charge on any atom is 0.338 e. The number of carbonyl (C=O) groups is 1. The molecule has 0 spiro atoms. The molecule has 3 fully saturated rings. The highest BCUT2D eigenvalue weighted by atomic mass is 16.6. The van der Waals surface area contributed by atoms with E-state index in [-0.39, 0.29) is 29.0 Å². The Morgan fingerprint density at radius 1 is 1.15 bits per heavy atom. The lowest BCUT2D eigenvalue weighted by atomic mass is 9.53. The average Bonchev–Trinajstić information content (AvgIpc) is 3.14. The Hall–Kier alpha value is -1.55. The Balaban J connectivity index is 1.63. The molecule has 0 radical (unpaired) electrons. The van der Waals surface area contributed by atoms with Crippen LogP contribution in [0.4, 0.5) is 0 Å². The first-order chi connectivity index (χ1) is 12.8. The van der Waals surface area contributed by atoms with E-state index in [1.807, 2.05) is 12.1 Å². The number of esters is 1. The summed E-state index contributed by atoms with van der Waals surface area (Å²) in [6, 6.07) is 7.19. The van der Waals surface area contributed by atoms with Crippen LogP contribution in [0.25, 0.3) is 0 Å². The second kappa shape index (κ2) is 6.51. The van der Waals surface area contributed by atoms with Crippen molar-refractivity contribution in [2.24, 2.45) is 23.2 Å². The van der Waals surface area contributed by atoms with Gasteiger partial charge < -0.3 is 14.2 Å². The third kappa shape index (κ3) is 2.88. The molecule has 0 amide bonds. The first-order valence-corrected chi connectivity index (χ1v) is 10.3. The normalized spacial score (nSPS) is 40.1. The summed E-state index contributed by atoms with van der Waals surface area (Å²) >= 11 is 0. The minimum atomic E-state index is -0.232. The summed E-state index contributed by atoms with van der Waals surface area (Å²) in [5.74, 6) is 1.64. The highest BCUT2D eigenvalue weighted by molar-refractivity contribution is 5.89. The quantitative estimate of drug-likeness (QED) is 0.708. The van der Waals surface area contributed by atoms with Gasteiger partial charge in [0.15, 0.2) is 0 Å². The lowest BCUT2D eigenvalue weighted by Crippen LogP contribution is -2.56. The highest BCUT2D eigenvalue weighted by Gasteiger charge is 2.68. The Bertz CT molecular complexity index is 712. The number of hydrogen-bond donors (Lipinski definition) is 0. The monoisotopic (exact) mass is 372 g/mol. The maximum absolute atomic E-state index is 13.0. The van der Waals surface area contributed by atoms with Crippen molar-refractivity contribution < 1.29 is 19.0 Å². The molecular formula is C23H32O4. The molecule has 6 atom stereocenters. The zero-order chi connectivity index (χ0) is 19.4. The number of hydrogen-bond acceptors (Lipinski definition) is 4. The largest absolute Gasteiger partial charge is 0.497 e. The zero-order valence-electron chi connectivity index (χ0n) is 17.2. The summed E-state index contributed by atoms with van der Waals surface area (Å²) in [6.07, 6.45) is 4.68. The van der Waals surface area contributed by atoms with Crippen molar-refractivity contribution in [2.45, 2.75) is 71.2 Å². The van der Waals surface area contributed by atoms with Gasteiger partial charge in [-0.15, -0.1) is 0 Å². The molecule has 4 nitrogen and oxygen atoms in total. The van der Waals surface area contributed by atoms with Crippen molar-refractivity contribution in [3.63, 3.8) is 0 Å². The van der Waals surface area contributed by atoms with Crippen molar-refractivity contribution in [3.8, 4) is 5.75 Å². The summed E-state index contributed by atoms with van der Waals surface area (Å²) in [6.45, 7) is 9.09. The molecular weight excluding hydrogens is 340 g/mol. The zero-order valence-corrected chi connectivity index (χ0v) is 17.2. The lowest BCUT2D eigenvalue weighted by molar-refractivity contribution is -0.106. The Labute approximate surface area is 162 Å². The van der Waals surface area contributed by atoms with Gasteiger partial charge in [-0.3, -0.25) is 0 Å². The van der Waals surface area contributed by atoms with E-state index in [1.165, 1.54) is 0 Å². The fourth-order valence-electron chi connectivity index (χ4n) is 6.17. The number of benzene rings is 1. The summed E-state index contributed by atoms with van der Waals surface area (Å²) in [7, 11) is 1.62. The van der Waals surface area contributed by atoms with E-state index in [2.05, 4.69) is 27.7 Å². The van der Waals surface area contributed by atoms with Crippen LogP contribution in [-0.4, -0.2) is 30.9 Å². The molecule has 27 heavy (non-hydrogen) atoms. The van der Waals surface area contributed by atoms with Crippen molar-refractivity contribution in [1.82, 2.24) is 0 Å². The first-order valence-electron chi connectivity index (χ1n) is 10.3. The third-order valence-electron chi connectivity index (χ3n) is 7.61. The van der Waals surface area contributed by atoms with Crippen LogP contribution in [0.5, 0.6) is 5.75 Å². The maximum atomic E-state index is 13.0. The van der Waals surface area contributed by atoms with Crippen LogP contribution in [0.15, 0.2) is 24.3 Å². The molecule has 2 bridgehead atoms. The van der Waals surface area contributed by atoms with Crippen LogP contribution in [0, 0.1) is 23.2 Å². The minimum Gasteiger partial charge on any atom is -0.497 e. The SMILES string of the molecule is COc1ccc(C(=O)O[C@@H]2[C@@H](C(C)C)CC[C@]3(C)[C@H]4CC[C@](C)(O4)[C@@H]23)cc1. The summed E-state index contributed by atoms with van der Waals surface area (Å²) in [5, 5.41) is 0. The smallest absolute Gasteiger partial charge is 0.338 e. The number of rotatable bonds is 4. The summed E-state index contributed by atoms with van der Waals surface area (Å²) < 4.78 is 17.9. The predicted octanol–water partition coefficient (Wildman–Crippen LogP) is 4.86. The number of ether oxygens (including phenoxy) is 3. The summed E-state index contributed by atoms with van der Waals surface area (Å²) in [4.78, 5) is 13.0. The molecule has 2 heterocycles. The van der Waals surface area contributed by atoms with E-state index in [0.717, 1.165) is 31.4 Å².